The lowest BCUT2D eigenvalue weighted by Crippen LogP contribution is -2.41. The number of carbonyl (C=O) groups excluding carboxylic acids is 2. The molecular weight excluding hydrogens is 268 g/mol. The summed E-state index contributed by atoms with van der Waals surface area (Å²) in [4.78, 5) is 36.1. The highest BCUT2D eigenvalue weighted by Gasteiger charge is 2.27. The molecular formula is C12H14N2O4S. The van der Waals surface area contributed by atoms with Crippen molar-refractivity contribution in [3.05, 3.63) is 21.9 Å². The molecule has 2 rings (SSSR count). The molecule has 19 heavy (non-hydrogen) atoms. The van der Waals surface area contributed by atoms with Crippen LogP contribution in [0.5, 0.6) is 0 Å². The van der Waals surface area contributed by atoms with E-state index in [4.69, 9.17) is 10.8 Å². The smallest absolute Gasteiger partial charge is 0.345 e. The largest absolute Gasteiger partial charge is 0.477 e. The summed E-state index contributed by atoms with van der Waals surface area (Å²) in [6, 6.07) is 2.95. The number of aromatic carboxylic acids is 1. The molecule has 0 aromatic carbocycles. The zero-order valence-corrected chi connectivity index (χ0v) is 11.0. The van der Waals surface area contributed by atoms with Crippen molar-refractivity contribution in [2.75, 3.05) is 13.1 Å². The number of likely N-dealkylation sites (tertiary alicyclic amines) is 1. The highest BCUT2D eigenvalue weighted by molar-refractivity contribution is 7.15. The molecule has 6 nitrogen and oxygen atoms in total. The zero-order chi connectivity index (χ0) is 14.0. The van der Waals surface area contributed by atoms with E-state index in [0.717, 1.165) is 11.3 Å². The highest BCUT2D eigenvalue weighted by atomic mass is 32.1. The molecule has 0 bridgehead atoms. The van der Waals surface area contributed by atoms with Crippen molar-refractivity contribution in [3.63, 3.8) is 0 Å². The van der Waals surface area contributed by atoms with Crippen LogP contribution in [0.4, 0.5) is 0 Å². The average molecular weight is 282 g/mol. The van der Waals surface area contributed by atoms with Crippen molar-refractivity contribution in [1.29, 1.82) is 0 Å². The molecule has 0 spiro atoms. The Balaban J connectivity index is 2.01. The lowest BCUT2D eigenvalue weighted by molar-refractivity contribution is -0.123. The van der Waals surface area contributed by atoms with Crippen LogP contribution in [0.2, 0.25) is 0 Å². The summed E-state index contributed by atoms with van der Waals surface area (Å²) in [5.41, 5.74) is 5.23. The van der Waals surface area contributed by atoms with Gasteiger partial charge in [0, 0.05) is 19.0 Å². The molecule has 2 amide bonds. The Morgan fingerprint density at radius 1 is 1.21 bits per heavy atom. The number of nitrogens with two attached hydrogens (primary N) is 1. The number of rotatable bonds is 3. The maximum atomic E-state index is 12.1. The molecule has 1 fully saturated rings. The van der Waals surface area contributed by atoms with Crippen LogP contribution in [-0.2, 0) is 4.79 Å². The number of amides is 2. The fraction of sp³-hybridized carbons (Fsp3) is 0.417. The van der Waals surface area contributed by atoms with Crippen LogP contribution in [-0.4, -0.2) is 40.9 Å². The summed E-state index contributed by atoms with van der Waals surface area (Å²) in [6.45, 7) is 0.958. The molecule has 7 heteroatoms. The maximum Gasteiger partial charge on any atom is 0.345 e. The van der Waals surface area contributed by atoms with E-state index in [2.05, 4.69) is 0 Å². The molecule has 1 aromatic heterocycles. The van der Waals surface area contributed by atoms with Gasteiger partial charge in [-0.2, -0.15) is 0 Å². The van der Waals surface area contributed by atoms with Gasteiger partial charge in [-0.1, -0.05) is 0 Å². The minimum absolute atomic E-state index is 0.148. The third kappa shape index (κ3) is 2.93. The molecule has 0 radical (unpaired) electrons. The van der Waals surface area contributed by atoms with Crippen molar-refractivity contribution in [2.45, 2.75) is 12.8 Å². The number of nitrogens with zero attached hydrogens (tertiary/aromatic N) is 1. The lowest BCUT2D eigenvalue weighted by Gasteiger charge is -2.30. The summed E-state index contributed by atoms with van der Waals surface area (Å²) < 4.78 is 0. The molecule has 0 unspecified atom stereocenters. The molecule has 1 aromatic rings. The van der Waals surface area contributed by atoms with Gasteiger partial charge in [-0.3, -0.25) is 9.59 Å². The summed E-state index contributed by atoms with van der Waals surface area (Å²) in [5.74, 6) is -1.70. The van der Waals surface area contributed by atoms with Crippen molar-refractivity contribution in [2.24, 2.45) is 11.7 Å². The number of carbonyl (C=O) groups is 3. The van der Waals surface area contributed by atoms with Crippen molar-refractivity contribution < 1.29 is 19.5 Å². The molecule has 0 saturated carbocycles. The third-order valence-corrected chi connectivity index (χ3v) is 4.27. The topological polar surface area (TPSA) is 101 Å². The molecule has 1 saturated heterocycles. The van der Waals surface area contributed by atoms with Crippen molar-refractivity contribution in [1.82, 2.24) is 4.90 Å². The summed E-state index contributed by atoms with van der Waals surface area (Å²) in [6.07, 6.45) is 1.14. The Morgan fingerprint density at radius 3 is 2.26 bits per heavy atom. The SMILES string of the molecule is NC(=O)C1CCN(C(=O)c2ccc(C(=O)O)s2)CC1. The van der Waals surface area contributed by atoms with Gasteiger partial charge >= 0.3 is 5.97 Å². The monoisotopic (exact) mass is 282 g/mol. The van der Waals surface area contributed by atoms with E-state index in [1.165, 1.54) is 12.1 Å². The first-order valence-electron chi connectivity index (χ1n) is 5.90. The Morgan fingerprint density at radius 2 is 1.79 bits per heavy atom. The Hall–Kier alpha value is -1.89. The van der Waals surface area contributed by atoms with Gasteiger partial charge in [-0.25, -0.2) is 4.79 Å². The van der Waals surface area contributed by atoms with Crippen LogP contribution >= 0.6 is 11.3 Å². The summed E-state index contributed by atoms with van der Waals surface area (Å²) in [5, 5.41) is 8.82. The number of carboxylic acids is 1. The number of carboxylic acid groups (broad SMARTS) is 1. The summed E-state index contributed by atoms with van der Waals surface area (Å²) >= 11 is 0.967. The van der Waals surface area contributed by atoms with Crippen molar-refractivity contribution in [3.8, 4) is 0 Å². The van der Waals surface area contributed by atoms with Gasteiger partial charge in [0.1, 0.15) is 4.88 Å². The van der Waals surface area contributed by atoms with Crippen molar-refractivity contribution >= 4 is 29.1 Å². The fourth-order valence-corrected chi connectivity index (χ4v) is 2.90. The van der Waals surface area contributed by atoms with E-state index >= 15 is 0 Å². The second kappa shape index (κ2) is 5.40. The van der Waals surface area contributed by atoms with Gasteiger partial charge in [0.25, 0.3) is 5.91 Å². The van der Waals surface area contributed by atoms with Crippen LogP contribution in [0.1, 0.15) is 32.2 Å². The number of hydrogen-bond acceptors (Lipinski definition) is 4. The minimum atomic E-state index is -1.03. The Kier molecular flexibility index (Phi) is 3.84. The standard InChI is InChI=1S/C12H14N2O4S/c13-10(15)7-3-5-14(6-4-7)11(16)8-1-2-9(19-8)12(17)18/h1-2,7H,3-6H2,(H2,13,15)(H,17,18). The van der Waals surface area contributed by atoms with Gasteiger partial charge in [0.05, 0.1) is 4.88 Å². The normalized spacial score (nSPS) is 16.3. The van der Waals surface area contributed by atoms with Gasteiger partial charge in [-0.05, 0) is 25.0 Å². The van der Waals surface area contributed by atoms with E-state index in [9.17, 15) is 14.4 Å². The quantitative estimate of drug-likeness (QED) is 0.855. The number of piperidine rings is 1. The summed E-state index contributed by atoms with van der Waals surface area (Å²) in [7, 11) is 0. The number of hydrogen-bond donors (Lipinski definition) is 2. The third-order valence-electron chi connectivity index (χ3n) is 3.21. The first-order valence-corrected chi connectivity index (χ1v) is 6.72. The number of thiophene rings is 1. The van der Waals surface area contributed by atoms with E-state index < -0.39 is 5.97 Å². The Bertz CT molecular complexity index is 518. The van der Waals surface area contributed by atoms with Crippen LogP contribution in [0, 0.1) is 5.92 Å². The first kappa shape index (κ1) is 13.5. The van der Waals surface area contributed by atoms with Crippen LogP contribution in [0.3, 0.4) is 0 Å². The molecule has 102 valence electrons. The molecule has 0 aliphatic carbocycles. The second-order valence-corrected chi connectivity index (χ2v) is 5.52. The van der Waals surface area contributed by atoms with Gasteiger partial charge in [0.2, 0.25) is 5.91 Å². The van der Waals surface area contributed by atoms with Crippen LogP contribution < -0.4 is 5.73 Å². The maximum absolute atomic E-state index is 12.1. The first-order chi connectivity index (χ1) is 8.99. The molecule has 0 atom stereocenters. The Labute approximate surface area is 113 Å². The highest BCUT2D eigenvalue weighted by Crippen LogP contribution is 2.22. The van der Waals surface area contributed by atoms with Gasteiger partial charge in [-0.15, -0.1) is 11.3 Å². The van der Waals surface area contributed by atoms with Gasteiger partial charge < -0.3 is 15.7 Å². The van der Waals surface area contributed by atoms with E-state index in [1.807, 2.05) is 0 Å². The zero-order valence-electron chi connectivity index (χ0n) is 10.2. The van der Waals surface area contributed by atoms with Crippen LogP contribution in [0.25, 0.3) is 0 Å². The average Bonchev–Trinajstić information content (AvgIpc) is 2.87. The number of primary amides is 1. The predicted molar refractivity (Wildman–Crippen MR) is 69.1 cm³/mol. The second-order valence-electron chi connectivity index (χ2n) is 4.44. The molecule has 3 N–H and O–H groups in total. The van der Waals surface area contributed by atoms with Crippen LogP contribution in [0.15, 0.2) is 12.1 Å². The van der Waals surface area contributed by atoms with E-state index in [0.29, 0.717) is 30.8 Å². The molecule has 2 heterocycles. The molecule has 1 aliphatic heterocycles. The minimum Gasteiger partial charge on any atom is -0.477 e. The fourth-order valence-electron chi connectivity index (χ4n) is 2.09. The van der Waals surface area contributed by atoms with E-state index in [1.54, 1.807) is 4.90 Å². The molecule has 1 aliphatic rings. The predicted octanol–water partition coefficient (Wildman–Crippen LogP) is 0.784. The van der Waals surface area contributed by atoms with E-state index in [-0.39, 0.29) is 22.6 Å². The lowest BCUT2D eigenvalue weighted by atomic mass is 9.96. The van der Waals surface area contributed by atoms with Gasteiger partial charge in [0.15, 0.2) is 0 Å².